The molecule has 0 atom stereocenters. The monoisotopic (exact) mass is 232 g/mol. The molecule has 2 aromatic rings. The van der Waals surface area contributed by atoms with Gasteiger partial charge in [-0.15, -0.1) is 0 Å². The van der Waals surface area contributed by atoms with Crippen molar-refractivity contribution in [2.45, 2.75) is 33.1 Å². The van der Waals surface area contributed by atoms with Gasteiger partial charge in [0.1, 0.15) is 5.82 Å². The fraction of sp³-hybridized carbons (Fsp3) is 0.357. The van der Waals surface area contributed by atoms with Crippen LogP contribution in [0.5, 0.6) is 0 Å². The highest BCUT2D eigenvalue weighted by atomic mass is 19.1. The van der Waals surface area contributed by atoms with Crippen molar-refractivity contribution in [1.29, 1.82) is 0 Å². The first-order valence-corrected chi connectivity index (χ1v) is 5.70. The van der Waals surface area contributed by atoms with Gasteiger partial charge in [-0.3, -0.25) is 0 Å². The SMILES string of the molecule is Cc1cc(F)ccc1-n1ccc(C(C)(C)C)n1. The van der Waals surface area contributed by atoms with E-state index in [1.54, 1.807) is 10.7 Å². The molecule has 0 aliphatic carbocycles. The van der Waals surface area contributed by atoms with Gasteiger partial charge in [0.05, 0.1) is 11.4 Å². The lowest BCUT2D eigenvalue weighted by Gasteiger charge is -2.14. The number of nitrogens with zero attached hydrogens (tertiary/aromatic N) is 2. The van der Waals surface area contributed by atoms with Gasteiger partial charge in [0, 0.05) is 11.6 Å². The Labute approximate surface area is 101 Å². The van der Waals surface area contributed by atoms with E-state index in [1.807, 2.05) is 19.2 Å². The summed E-state index contributed by atoms with van der Waals surface area (Å²) >= 11 is 0. The van der Waals surface area contributed by atoms with Crippen molar-refractivity contribution in [2.75, 3.05) is 0 Å². The first kappa shape index (κ1) is 11.8. The third-order valence-corrected chi connectivity index (χ3v) is 2.76. The molecule has 1 aromatic heterocycles. The van der Waals surface area contributed by atoms with E-state index >= 15 is 0 Å². The normalized spacial score (nSPS) is 11.8. The van der Waals surface area contributed by atoms with E-state index in [1.165, 1.54) is 12.1 Å². The highest BCUT2D eigenvalue weighted by molar-refractivity contribution is 5.40. The number of aryl methyl sites for hydroxylation is 1. The molecule has 0 saturated heterocycles. The zero-order valence-electron chi connectivity index (χ0n) is 10.7. The Morgan fingerprint density at radius 1 is 1.18 bits per heavy atom. The molecule has 0 radical (unpaired) electrons. The number of benzene rings is 1. The van der Waals surface area contributed by atoms with Gasteiger partial charge in [-0.05, 0) is 36.8 Å². The van der Waals surface area contributed by atoms with Crippen LogP contribution in [0.3, 0.4) is 0 Å². The maximum atomic E-state index is 13.0. The molecule has 0 spiro atoms. The summed E-state index contributed by atoms with van der Waals surface area (Å²) in [6.07, 6.45) is 1.92. The quantitative estimate of drug-likeness (QED) is 0.734. The van der Waals surface area contributed by atoms with Gasteiger partial charge in [0.15, 0.2) is 0 Å². The smallest absolute Gasteiger partial charge is 0.123 e. The Hall–Kier alpha value is -1.64. The summed E-state index contributed by atoms with van der Waals surface area (Å²) in [5, 5.41) is 4.54. The average molecular weight is 232 g/mol. The molecule has 17 heavy (non-hydrogen) atoms. The van der Waals surface area contributed by atoms with Gasteiger partial charge >= 0.3 is 0 Å². The molecule has 2 rings (SSSR count). The predicted octanol–water partition coefficient (Wildman–Crippen LogP) is 3.62. The van der Waals surface area contributed by atoms with Gasteiger partial charge in [0.25, 0.3) is 0 Å². The molecule has 0 bridgehead atoms. The molecule has 0 aliphatic rings. The van der Waals surface area contributed by atoms with Crippen molar-refractivity contribution in [1.82, 2.24) is 9.78 Å². The zero-order valence-corrected chi connectivity index (χ0v) is 10.7. The molecule has 0 unspecified atom stereocenters. The summed E-state index contributed by atoms with van der Waals surface area (Å²) in [6, 6.07) is 6.74. The molecular formula is C14H17FN2. The van der Waals surface area contributed by atoms with Crippen molar-refractivity contribution in [3.05, 3.63) is 47.5 Å². The highest BCUT2D eigenvalue weighted by Gasteiger charge is 2.17. The van der Waals surface area contributed by atoms with Gasteiger partial charge in [0.2, 0.25) is 0 Å². The average Bonchev–Trinajstić information content (AvgIpc) is 2.65. The molecular weight excluding hydrogens is 215 g/mol. The van der Waals surface area contributed by atoms with E-state index in [2.05, 4.69) is 25.9 Å². The first-order valence-electron chi connectivity index (χ1n) is 5.70. The topological polar surface area (TPSA) is 17.8 Å². The van der Waals surface area contributed by atoms with Gasteiger partial charge in [-0.25, -0.2) is 9.07 Å². The maximum absolute atomic E-state index is 13.0. The molecule has 1 aromatic carbocycles. The van der Waals surface area contributed by atoms with Crippen LogP contribution in [0.25, 0.3) is 5.69 Å². The van der Waals surface area contributed by atoms with E-state index in [9.17, 15) is 4.39 Å². The van der Waals surface area contributed by atoms with E-state index in [0.717, 1.165) is 16.9 Å². The summed E-state index contributed by atoms with van der Waals surface area (Å²) in [5.41, 5.74) is 2.86. The second-order valence-electron chi connectivity index (χ2n) is 5.33. The van der Waals surface area contributed by atoms with Crippen LogP contribution < -0.4 is 0 Å². The minimum Gasteiger partial charge on any atom is -0.240 e. The standard InChI is InChI=1S/C14H17FN2/c1-10-9-11(15)5-6-12(10)17-8-7-13(16-17)14(2,3)4/h5-9H,1-4H3. The fourth-order valence-corrected chi connectivity index (χ4v) is 1.73. The Morgan fingerprint density at radius 2 is 1.88 bits per heavy atom. The summed E-state index contributed by atoms with van der Waals surface area (Å²) in [4.78, 5) is 0. The van der Waals surface area contributed by atoms with Crippen LogP contribution in [0.2, 0.25) is 0 Å². The second kappa shape index (κ2) is 3.99. The van der Waals surface area contributed by atoms with Crippen molar-refractivity contribution in [3.8, 4) is 5.69 Å². The zero-order chi connectivity index (χ0) is 12.6. The summed E-state index contributed by atoms with van der Waals surface area (Å²) < 4.78 is 14.8. The lowest BCUT2D eigenvalue weighted by Crippen LogP contribution is -2.12. The summed E-state index contributed by atoms with van der Waals surface area (Å²) in [6.45, 7) is 8.25. The van der Waals surface area contributed by atoms with Gasteiger partial charge in [-0.2, -0.15) is 5.10 Å². The maximum Gasteiger partial charge on any atom is 0.123 e. The third kappa shape index (κ3) is 2.38. The van der Waals surface area contributed by atoms with E-state index in [0.29, 0.717) is 0 Å². The summed E-state index contributed by atoms with van der Waals surface area (Å²) in [5.74, 6) is -0.213. The van der Waals surface area contributed by atoms with Crippen LogP contribution in [-0.2, 0) is 5.41 Å². The van der Waals surface area contributed by atoms with Crippen LogP contribution in [-0.4, -0.2) is 9.78 Å². The van der Waals surface area contributed by atoms with Crippen LogP contribution in [0.4, 0.5) is 4.39 Å². The third-order valence-electron chi connectivity index (χ3n) is 2.76. The minimum atomic E-state index is -0.213. The highest BCUT2D eigenvalue weighted by Crippen LogP contribution is 2.22. The molecule has 90 valence electrons. The van der Waals surface area contributed by atoms with Crippen LogP contribution in [0.1, 0.15) is 32.0 Å². The van der Waals surface area contributed by atoms with Crippen molar-refractivity contribution in [3.63, 3.8) is 0 Å². The molecule has 0 aliphatic heterocycles. The Bertz CT molecular complexity index is 535. The molecule has 0 amide bonds. The van der Waals surface area contributed by atoms with Crippen molar-refractivity contribution in [2.24, 2.45) is 0 Å². The molecule has 0 saturated carbocycles. The van der Waals surface area contributed by atoms with Crippen molar-refractivity contribution >= 4 is 0 Å². The Morgan fingerprint density at radius 3 is 2.41 bits per heavy atom. The van der Waals surface area contributed by atoms with E-state index in [-0.39, 0.29) is 11.2 Å². The largest absolute Gasteiger partial charge is 0.240 e. The number of rotatable bonds is 1. The second-order valence-corrected chi connectivity index (χ2v) is 5.33. The van der Waals surface area contributed by atoms with Gasteiger partial charge < -0.3 is 0 Å². The van der Waals surface area contributed by atoms with Crippen molar-refractivity contribution < 1.29 is 4.39 Å². The molecule has 0 fully saturated rings. The lowest BCUT2D eigenvalue weighted by atomic mass is 9.93. The first-order chi connectivity index (χ1) is 7.88. The molecule has 3 heteroatoms. The van der Waals surface area contributed by atoms with E-state index in [4.69, 9.17) is 0 Å². The van der Waals surface area contributed by atoms with Crippen LogP contribution >= 0.6 is 0 Å². The van der Waals surface area contributed by atoms with Crippen LogP contribution in [0, 0.1) is 12.7 Å². The van der Waals surface area contributed by atoms with E-state index < -0.39 is 0 Å². The molecule has 1 heterocycles. The number of hydrogen-bond acceptors (Lipinski definition) is 1. The number of aromatic nitrogens is 2. The van der Waals surface area contributed by atoms with Gasteiger partial charge in [-0.1, -0.05) is 20.8 Å². The fourth-order valence-electron chi connectivity index (χ4n) is 1.73. The molecule has 2 nitrogen and oxygen atoms in total. The number of halogens is 1. The van der Waals surface area contributed by atoms with Crippen LogP contribution in [0.15, 0.2) is 30.5 Å². The Balaban J connectivity index is 2.44. The lowest BCUT2D eigenvalue weighted by molar-refractivity contribution is 0.560. The minimum absolute atomic E-state index is 0.0270. The Kier molecular flexibility index (Phi) is 2.77. The predicted molar refractivity (Wildman–Crippen MR) is 67.0 cm³/mol. The summed E-state index contributed by atoms with van der Waals surface area (Å²) in [7, 11) is 0. The number of hydrogen-bond donors (Lipinski definition) is 0. The molecule has 0 N–H and O–H groups in total.